The fraction of sp³-hybridized carbons (Fsp3) is 0.409. The zero-order valence-electron chi connectivity index (χ0n) is 16.9. The normalized spacial score (nSPS) is 9.67. The Bertz CT molecular complexity index is 558. The molecule has 0 fully saturated rings. The molecule has 0 bridgehead atoms. The van der Waals surface area contributed by atoms with E-state index in [0.717, 1.165) is 6.42 Å². The Labute approximate surface area is 149 Å². The van der Waals surface area contributed by atoms with Gasteiger partial charge < -0.3 is 4.42 Å². The van der Waals surface area contributed by atoms with Crippen LogP contribution in [0, 0.1) is 0 Å². The summed E-state index contributed by atoms with van der Waals surface area (Å²) in [5.74, 6) is 1.05. The minimum absolute atomic E-state index is 0.0612. The van der Waals surface area contributed by atoms with Crippen LogP contribution in [0.15, 0.2) is 34.5 Å². The first kappa shape index (κ1) is 26.8. The minimum atomic E-state index is -0.0612. The predicted octanol–water partition coefficient (Wildman–Crippen LogP) is 7.46. The average molecular weight is 333 g/mol. The topological polar surface area (TPSA) is 30.2 Å². The van der Waals surface area contributed by atoms with Crippen LogP contribution < -0.4 is 5.43 Å². The lowest BCUT2D eigenvalue weighted by molar-refractivity contribution is 0.525. The average Bonchev–Trinajstić information content (AvgIpc) is 2.93. The highest BCUT2D eigenvalue weighted by molar-refractivity contribution is 5.69. The summed E-state index contributed by atoms with van der Waals surface area (Å²) in [6, 6.07) is 0. The molecule has 0 unspecified atom stereocenters. The second-order valence-electron chi connectivity index (χ2n) is 3.44. The summed E-state index contributed by atoms with van der Waals surface area (Å²) in [5.41, 5.74) is 0.983. The number of hydrogen-bond donors (Lipinski definition) is 0. The smallest absolute Gasteiger partial charge is 0.200 e. The van der Waals surface area contributed by atoms with Crippen molar-refractivity contribution in [3.8, 4) is 0 Å². The first-order valence-corrected chi connectivity index (χ1v) is 9.07. The van der Waals surface area contributed by atoms with Crippen LogP contribution in [-0.2, 0) is 0 Å². The van der Waals surface area contributed by atoms with Crippen molar-refractivity contribution < 1.29 is 4.42 Å². The van der Waals surface area contributed by atoms with Crippen LogP contribution in [0.2, 0.25) is 0 Å². The highest BCUT2D eigenvalue weighted by Gasteiger charge is 2.13. The molecule has 0 amide bonds. The fourth-order valence-electron chi connectivity index (χ4n) is 1.66. The molecule has 1 aromatic heterocycles. The molecule has 0 saturated carbocycles. The van der Waals surface area contributed by atoms with Crippen molar-refractivity contribution in [2.75, 3.05) is 0 Å². The van der Waals surface area contributed by atoms with E-state index >= 15 is 0 Å². The molecule has 0 atom stereocenters. The molecule has 1 aliphatic carbocycles. The summed E-state index contributed by atoms with van der Waals surface area (Å²) in [4.78, 5) is 12.1. The molecule has 2 nitrogen and oxygen atoms in total. The highest BCUT2D eigenvalue weighted by atomic mass is 16.3. The molecule has 0 aromatic carbocycles. The maximum absolute atomic E-state index is 12.1. The van der Waals surface area contributed by atoms with E-state index in [1.807, 2.05) is 73.6 Å². The molecule has 0 radical (unpaired) electrons. The molecule has 1 aliphatic rings. The lowest BCUT2D eigenvalue weighted by Crippen LogP contribution is -2.12. The molecule has 0 N–H and O–H groups in total. The van der Waals surface area contributed by atoms with Crippen LogP contribution in [0.5, 0.6) is 0 Å². The SMILES string of the molecule is C=Cc1oc2c(c(=O)c1C=C)C=CCC=C2.CC.CC.CC.CC. The highest BCUT2D eigenvalue weighted by Crippen LogP contribution is 2.19. The zero-order valence-corrected chi connectivity index (χ0v) is 16.9. The van der Waals surface area contributed by atoms with Gasteiger partial charge in [0.2, 0.25) is 0 Å². The van der Waals surface area contributed by atoms with E-state index in [1.165, 1.54) is 12.2 Å². The number of rotatable bonds is 2. The van der Waals surface area contributed by atoms with Gasteiger partial charge in [-0.05, 0) is 18.6 Å². The van der Waals surface area contributed by atoms with Gasteiger partial charge in [-0.2, -0.15) is 0 Å². The number of hydrogen-bond acceptors (Lipinski definition) is 2. The summed E-state index contributed by atoms with van der Waals surface area (Å²) in [6.45, 7) is 23.3. The summed E-state index contributed by atoms with van der Waals surface area (Å²) in [5, 5.41) is 0. The van der Waals surface area contributed by atoms with Crippen molar-refractivity contribution in [1.29, 1.82) is 0 Å². The quantitative estimate of drug-likeness (QED) is 0.562. The van der Waals surface area contributed by atoms with Crippen LogP contribution in [0.25, 0.3) is 24.3 Å². The minimum Gasteiger partial charge on any atom is -0.456 e. The molecule has 24 heavy (non-hydrogen) atoms. The Hall–Kier alpha value is -2.09. The van der Waals surface area contributed by atoms with E-state index < -0.39 is 0 Å². The van der Waals surface area contributed by atoms with Gasteiger partial charge in [0.25, 0.3) is 0 Å². The molecule has 2 heteroatoms. The molecule has 1 aromatic rings. The third kappa shape index (κ3) is 7.96. The Balaban J connectivity index is -0.000000484. The first-order chi connectivity index (χ1) is 11.8. The Morgan fingerprint density at radius 3 is 1.83 bits per heavy atom. The van der Waals surface area contributed by atoms with Crippen molar-refractivity contribution in [2.24, 2.45) is 0 Å². The van der Waals surface area contributed by atoms with Crippen molar-refractivity contribution in [2.45, 2.75) is 61.8 Å². The van der Waals surface area contributed by atoms with Crippen LogP contribution >= 0.6 is 0 Å². The standard InChI is InChI=1S/C14H12O2.4C2H6/c1-3-10-12(4-2)16-13-9-7-5-6-8-11(13)14(10)15;4*1-2/h3-4,6-9H,1-2,5H2;4*1-2H3. The Morgan fingerprint density at radius 2 is 1.38 bits per heavy atom. The van der Waals surface area contributed by atoms with Crippen molar-refractivity contribution in [1.82, 2.24) is 0 Å². The van der Waals surface area contributed by atoms with Gasteiger partial charge in [0.1, 0.15) is 11.5 Å². The third-order valence-electron chi connectivity index (χ3n) is 2.46. The van der Waals surface area contributed by atoms with Gasteiger partial charge in [-0.1, -0.05) is 92.9 Å². The van der Waals surface area contributed by atoms with Crippen LogP contribution in [0.1, 0.15) is 84.5 Å². The van der Waals surface area contributed by atoms with E-state index in [2.05, 4.69) is 13.2 Å². The largest absolute Gasteiger partial charge is 0.456 e. The van der Waals surface area contributed by atoms with E-state index in [-0.39, 0.29) is 5.43 Å². The molecule has 2 rings (SSSR count). The molecule has 0 saturated heterocycles. The van der Waals surface area contributed by atoms with Gasteiger partial charge >= 0.3 is 0 Å². The molecule has 1 heterocycles. The van der Waals surface area contributed by atoms with Gasteiger partial charge in [-0.3, -0.25) is 4.79 Å². The summed E-state index contributed by atoms with van der Waals surface area (Å²) >= 11 is 0. The van der Waals surface area contributed by atoms with Gasteiger partial charge in [0.05, 0.1) is 11.1 Å². The maximum atomic E-state index is 12.1. The molecule has 0 aliphatic heterocycles. The maximum Gasteiger partial charge on any atom is 0.200 e. The lowest BCUT2D eigenvalue weighted by Gasteiger charge is -2.04. The Morgan fingerprint density at radius 1 is 0.875 bits per heavy atom. The molecule has 0 spiro atoms. The lowest BCUT2D eigenvalue weighted by atomic mass is 10.1. The van der Waals surface area contributed by atoms with E-state index in [9.17, 15) is 4.79 Å². The molecular weight excluding hydrogens is 296 g/mol. The second-order valence-corrected chi connectivity index (χ2v) is 3.44. The van der Waals surface area contributed by atoms with Gasteiger partial charge in [-0.25, -0.2) is 0 Å². The van der Waals surface area contributed by atoms with E-state index in [1.54, 1.807) is 6.08 Å². The van der Waals surface area contributed by atoms with E-state index in [0.29, 0.717) is 22.6 Å². The van der Waals surface area contributed by atoms with Crippen LogP contribution in [-0.4, -0.2) is 0 Å². The van der Waals surface area contributed by atoms with Crippen LogP contribution in [0.4, 0.5) is 0 Å². The van der Waals surface area contributed by atoms with Gasteiger partial charge in [0.15, 0.2) is 5.43 Å². The second kappa shape index (κ2) is 19.0. The Kier molecular flexibility index (Phi) is 21.2. The van der Waals surface area contributed by atoms with Gasteiger partial charge in [-0.15, -0.1) is 0 Å². The number of allylic oxidation sites excluding steroid dienone is 2. The van der Waals surface area contributed by atoms with Crippen molar-refractivity contribution >= 4 is 24.3 Å². The predicted molar refractivity (Wildman–Crippen MR) is 113 cm³/mol. The monoisotopic (exact) mass is 332 g/mol. The fourth-order valence-corrected chi connectivity index (χ4v) is 1.66. The zero-order chi connectivity index (χ0) is 19.5. The van der Waals surface area contributed by atoms with Crippen molar-refractivity contribution in [3.63, 3.8) is 0 Å². The summed E-state index contributed by atoms with van der Waals surface area (Å²) in [7, 11) is 0. The first-order valence-electron chi connectivity index (χ1n) is 9.07. The third-order valence-corrected chi connectivity index (χ3v) is 2.46. The number of fused-ring (bicyclic) bond motifs is 1. The van der Waals surface area contributed by atoms with Crippen LogP contribution in [0.3, 0.4) is 0 Å². The van der Waals surface area contributed by atoms with Crippen molar-refractivity contribution in [3.05, 3.63) is 58.2 Å². The van der Waals surface area contributed by atoms with Gasteiger partial charge in [0, 0.05) is 0 Å². The summed E-state index contributed by atoms with van der Waals surface area (Å²) < 4.78 is 5.60. The summed E-state index contributed by atoms with van der Waals surface area (Å²) in [6.07, 6.45) is 11.3. The molecule has 136 valence electrons. The molecular formula is C22H36O2. The van der Waals surface area contributed by atoms with E-state index in [4.69, 9.17) is 4.42 Å².